The van der Waals surface area contributed by atoms with Crippen molar-refractivity contribution in [2.75, 3.05) is 6.54 Å². The van der Waals surface area contributed by atoms with Crippen LogP contribution in [0.2, 0.25) is 0 Å². The molecule has 1 aromatic heterocycles. The highest BCUT2D eigenvalue weighted by molar-refractivity contribution is 7.09. The number of hydrogen-bond donors (Lipinski definition) is 3. The van der Waals surface area contributed by atoms with Gasteiger partial charge in [-0.15, -0.1) is 11.3 Å². The van der Waals surface area contributed by atoms with Gasteiger partial charge in [0.25, 0.3) is 0 Å². The smallest absolute Gasteiger partial charge is 0.315 e. The fraction of sp³-hybridized carbons (Fsp3) is 0.714. The van der Waals surface area contributed by atoms with Crippen molar-refractivity contribution in [3.8, 4) is 0 Å². The summed E-state index contributed by atoms with van der Waals surface area (Å²) in [5.41, 5.74) is 0.912. The topological polar surface area (TPSA) is 74.2 Å². The Hall–Kier alpha value is -1.14. The molecule has 3 N–H and O–H groups in total. The summed E-state index contributed by atoms with van der Waals surface area (Å²) in [7, 11) is 0. The van der Waals surface area contributed by atoms with Gasteiger partial charge in [-0.3, -0.25) is 0 Å². The van der Waals surface area contributed by atoms with E-state index in [0.29, 0.717) is 19.0 Å². The molecule has 1 heterocycles. The average molecular weight is 297 g/mol. The third kappa shape index (κ3) is 4.76. The van der Waals surface area contributed by atoms with Crippen molar-refractivity contribution < 1.29 is 9.90 Å². The van der Waals surface area contributed by atoms with Crippen LogP contribution in [0.5, 0.6) is 0 Å². The number of hydrogen-bond acceptors (Lipinski definition) is 4. The van der Waals surface area contributed by atoms with Crippen molar-refractivity contribution in [3.05, 3.63) is 16.1 Å². The molecule has 6 heteroatoms. The van der Waals surface area contributed by atoms with Gasteiger partial charge in [0.2, 0.25) is 0 Å². The third-order valence-electron chi connectivity index (χ3n) is 3.64. The molecule has 0 aromatic carbocycles. The number of aromatic nitrogens is 1. The number of amides is 2. The average Bonchev–Trinajstić information content (AvgIpc) is 2.91. The van der Waals surface area contributed by atoms with Gasteiger partial charge in [-0.25, -0.2) is 9.78 Å². The first-order chi connectivity index (χ1) is 9.67. The van der Waals surface area contributed by atoms with Crippen LogP contribution in [0.1, 0.15) is 43.3 Å². The highest BCUT2D eigenvalue weighted by Gasteiger charge is 2.20. The quantitative estimate of drug-likeness (QED) is 0.779. The molecule has 1 aliphatic carbocycles. The molecule has 0 aliphatic heterocycles. The standard InChI is InChI=1S/C14H23N3O2S/c1-2-13-17-11(9-20-13)8-16-14(19)15-7-10-4-3-5-12(18)6-10/h9-10,12,18H,2-8H2,1H3,(H2,15,16,19). The number of thiazole rings is 1. The number of carbonyl (C=O) groups is 1. The zero-order valence-electron chi connectivity index (χ0n) is 11.9. The molecule has 1 aliphatic rings. The van der Waals surface area contributed by atoms with Gasteiger partial charge in [-0.1, -0.05) is 13.3 Å². The molecule has 0 spiro atoms. The second kappa shape index (κ2) is 7.59. The molecule has 1 fully saturated rings. The zero-order chi connectivity index (χ0) is 14.4. The van der Waals surface area contributed by atoms with E-state index in [1.165, 1.54) is 0 Å². The van der Waals surface area contributed by atoms with Crippen LogP contribution in [0, 0.1) is 5.92 Å². The summed E-state index contributed by atoms with van der Waals surface area (Å²) in [6, 6.07) is -0.156. The first-order valence-electron chi connectivity index (χ1n) is 7.30. The Morgan fingerprint density at radius 1 is 1.50 bits per heavy atom. The van der Waals surface area contributed by atoms with Crippen LogP contribution in [0.25, 0.3) is 0 Å². The summed E-state index contributed by atoms with van der Waals surface area (Å²) in [6.45, 7) is 3.18. The van der Waals surface area contributed by atoms with E-state index in [2.05, 4.69) is 22.5 Å². The Kier molecular flexibility index (Phi) is 5.79. The number of rotatable bonds is 5. The predicted molar refractivity (Wildman–Crippen MR) is 79.7 cm³/mol. The molecule has 2 unspecified atom stereocenters. The van der Waals surface area contributed by atoms with E-state index in [0.717, 1.165) is 42.8 Å². The first-order valence-corrected chi connectivity index (χ1v) is 8.18. The number of aliphatic hydroxyl groups is 1. The predicted octanol–water partition coefficient (Wildman–Crippen LogP) is 2.06. The Labute approximate surface area is 123 Å². The van der Waals surface area contributed by atoms with Crippen molar-refractivity contribution in [1.29, 1.82) is 0 Å². The molecule has 0 bridgehead atoms. The minimum Gasteiger partial charge on any atom is -0.393 e. The van der Waals surface area contributed by atoms with Gasteiger partial charge in [0.15, 0.2) is 0 Å². The molecule has 1 aromatic rings. The maximum absolute atomic E-state index is 11.7. The molecule has 20 heavy (non-hydrogen) atoms. The molecule has 2 atom stereocenters. The van der Waals surface area contributed by atoms with Crippen LogP contribution in [0.15, 0.2) is 5.38 Å². The zero-order valence-corrected chi connectivity index (χ0v) is 12.7. The van der Waals surface area contributed by atoms with Crippen molar-refractivity contribution in [2.24, 2.45) is 5.92 Å². The number of urea groups is 1. The lowest BCUT2D eigenvalue weighted by Crippen LogP contribution is -2.39. The van der Waals surface area contributed by atoms with Gasteiger partial charge >= 0.3 is 6.03 Å². The number of nitrogens with one attached hydrogen (secondary N) is 2. The summed E-state index contributed by atoms with van der Waals surface area (Å²) in [6.07, 6.45) is 4.57. The first kappa shape index (κ1) is 15.3. The summed E-state index contributed by atoms with van der Waals surface area (Å²) < 4.78 is 0. The second-order valence-corrected chi connectivity index (χ2v) is 6.28. The molecule has 112 valence electrons. The van der Waals surface area contributed by atoms with Gasteiger partial charge in [-0.05, 0) is 31.6 Å². The lowest BCUT2D eigenvalue weighted by Gasteiger charge is -2.25. The molecular weight excluding hydrogens is 274 g/mol. The summed E-state index contributed by atoms with van der Waals surface area (Å²) in [5.74, 6) is 0.399. The van der Waals surface area contributed by atoms with Crippen LogP contribution in [-0.4, -0.2) is 28.8 Å². The van der Waals surface area contributed by atoms with Gasteiger partial charge in [-0.2, -0.15) is 0 Å². The summed E-state index contributed by atoms with van der Waals surface area (Å²) in [4.78, 5) is 16.1. The van der Waals surface area contributed by atoms with Gasteiger partial charge < -0.3 is 15.7 Å². The monoisotopic (exact) mass is 297 g/mol. The van der Waals surface area contributed by atoms with Gasteiger partial charge in [0.1, 0.15) is 0 Å². The van der Waals surface area contributed by atoms with Crippen molar-refractivity contribution >= 4 is 17.4 Å². The lowest BCUT2D eigenvalue weighted by molar-refractivity contribution is 0.101. The highest BCUT2D eigenvalue weighted by Crippen LogP contribution is 2.23. The Balaban J connectivity index is 1.65. The molecule has 5 nitrogen and oxygen atoms in total. The lowest BCUT2D eigenvalue weighted by atomic mass is 9.87. The van der Waals surface area contributed by atoms with Gasteiger partial charge in [0.05, 0.1) is 23.4 Å². The molecule has 2 amide bonds. The van der Waals surface area contributed by atoms with Gasteiger partial charge in [0, 0.05) is 11.9 Å². The summed E-state index contributed by atoms with van der Waals surface area (Å²) in [5, 5.41) is 18.4. The van der Waals surface area contributed by atoms with E-state index in [1.807, 2.05) is 5.38 Å². The largest absolute Gasteiger partial charge is 0.393 e. The Bertz CT molecular complexity index is 436. The van der Waals surface area contributed by atoms with Crippen molar-refractivity contribution in [3.63, 3.8) is 0 Å². The number of aliphatic hydroxyl groups excluding tert-OH is 1. The maximum atomic E-state index is 11.7. The fourth-order valence-corrected chi connectivity index (χ4v) is 3.26. The van der Waals surface area contributed by atoms with E-state index >= 15 is 0 Å². The number of carbonyl (C=O) groups excluding carboxylic acids is 1. The van der Waals surface area contributed by atoms with E-state index < -0.39 is 0 Å². The van der Waals surface area contributed by atoms with E-state index in [4.69, 9.17) is 0 Å². The third-order valence-corrected chi connectivity index (χ3v) is 4.68. The molecule has 0 radical (unpaired) electrons. The minimum absolute atomic E-state index is 0.156. The molecule has 1 saturated carbocycles. The second-order valence-electron chi connectivity index (χ2n) is 5.34. The highest BCUT2D eigenvalue weighted by atomic mass is 32.1. The van der Waals surface area contributed by atoms with Crippen LogP contribution in [0.4, 0.5) is 4.79 Å². The van der Waals surface area contributed by atoms with Crippen LogP contribution < -0.4 is 10.6 Å². The maximum Gasteiger partial charge on any atom is 0.315 e. The number of aryl methyl sites for hydroxylation is 1. The van der Waals surface area contributed by atoms with E-state index in [-0.39, 0.29) is 12.1 Å². The fourth-order valence-electron chi connectivity index (χ4n) is 2.51. The number of nitrogens with zero attached hydrogens (tertiary/aromatic N) is 1. The Morgan fingerprint density at radius 2 is 2.35 bits per heavy atom. The van der Waals surface area contributed by atoms with E-state index in [9.17, 15) is 9.90 Å². The van der Waals surface area contributed by atoms with Crippen LogP contribution in [-0.2, 0) is 13.0 Å². The molecule has 2 rings (SSSR count). The summed E-state index contributed by atoms with van der Waals surface area (Å²) >= 11 is 1.63. The normalized spacial score (nSPS) is 22.5. The minimum atomic E-state index is -0.193. The Morgan fingerprint density at radius 3 is 3.05 bits per heavy atom. The molecular formula is C14H23N3O2S. The van der Waals surface area contributed by atoms with E-state index in [1.54, 1.807) is 11.3 Å². The van der Waals surface area contributed by atoms with Crippen molar-refractivity contribution in [2.45, 2.75) is 51.7 Å². The van der Waals surface area contributed by atoms with Crippen molar-refractivity contribution in [1.82, 2.24) is 15.6 Å². The SMILES string of the molecule is CCc1nc(CNC(=O)NCC2CCCC(O)C2)cs1. The van der Waals surface area contributed by atoms with Crippen LogP contribution >= 0.6 is 11.3 Å². The molecule has 0 saturated heterocycles. The van der Waals surface area contributed by atoms with Crippen LogP contribution in [0.3, 0.4) is 0 Å².